The van der Waals surface area contributed by atoms with Crippen LogP contribution in [0.3, 0.4) is 0 Å². The highest BCUT2D eigenvalue weighted by Crippen LogP contribution is 2.31. The predicted molar refractivity (Wildman–Crippen MR) is 116 cm³/mol. The van der Waals surface area contributed by atoms with Crippen molar-refractivity contribution in [1.29, 1.82) is 0 Å². The molecule has 8 heteroatoms. The lowest BCUT2D eigenvalue weighted by Gasteiger charge is -1.98. The molecule has 7 nitrogen and oxygen atoms in total. The van der Waals surface area contributed by atoms with E-state index >= 15 is 0 Å². The molecule has 0 amide bonds. The first-order valence-corrected chi connectivity index (χ1v) is 10.0. The van der Waals surface area contributed by atoms with Gasteiger partial charge in [0.2, 0.25) is 0 Å². The molecule has 0 N–H and O–H groups in total. The fourth-order valence-corrected chi connectivity index (χ4v) is 4.62. The van der Waals surface area contributed by atoms with Crippen molar-refractivity contribution in [2.75, 3.05) is 0 Å². The first-order valence-electron chi connectivity index (χ1n) is 9.20. The molecule has 0 aliphatic carbocycles. The topological polar surface area (TPSA) is 90.7 Å². The first-order chi connectivity index (χ1) is 14.4. The minimum absolute atomic E-state index is 0.0327. The molecule has 3 aromatic heterocycles. The minimum Gasteiger partial charge on any atom is -0.456 e. The average Bonchev–Trinajstić information content (AvgIpc) is 3.39. The van der Waals surface area contributed by atoms with Crippen LogP contribution in [-0.2, 0) is 0 Å². The number of fused-ring (bicyclic) bond motifs is 3. The number of aromatic nitrogens is 2. The molecule has 0 saturated carbocycles. The second kappa shape index (κ2) is 6.64. The first kappa shape index (κ1) is 18.3. The maximum Gasteiger partial charge on any atom is 0.280 e. The molecule has 5 rings (SSSR count). The summed E-state index contributed by atoms with van der Waals surface area (Å²) in [5, 5.41) is 11.3. The Morgan fingerprint density at radius 2 is 1.97 bits per heavy atom. The van der Waals surface area contributed by atoms with E-state index in [0.29, 0.717) is 26.6 Å². The highest BCUT2D eigenvalue weighted by atomic mass is 32.1. The number of para-hydroxylation sites is 1. The summed E-state index contributed by atoms with van der Waals surface area (Å²) < 4.78 is 7.91. The summed E-state index contributed by atoms with van der Waals surface area (Å²) in [6, 6.07) is 13.8. The SMILES string of the molecule is Cc1cc(C)c2nc3sc(=Cc4ccc(-c5ccccc5[N+](=O)[O-])o4)c(=O)n3c2c1. The van der Waals surface area contributed by atoms with Crippen LogP contribution in [0.5, 0.6) is 0 Å². The molecule has 0 aliphatic rings. The highest BCUT2D eigenvalue weighted by Gasteiger charge is 2.17. The molecular weight excluding hydrogens is 402 g/mol. The van der Waals surface area contributed by atoms with E-state index in [9.17, 15) is 14.9 Å². The van der Waals surface area contributed by atoms with Crippen LogP contribution in [0.15, 0.2) is 57.7 Å². The summed E-state index contributed by atoms with van der Waals surface area (Å²) in [6.45, 7) is 3.97. The van der Waals surface area contributed by atoms with Crippen molar-refractivity contribution in [3.05, 3.63) is 90.4 Å². The normalized spacial score (nSPS) is 12.3. The van der Waals surface area contributed by atoms with Crippen LogP contribution in [0, 0.1) is 24.0 Å². The van der Waals surface area contributed by atoms with Crippen LogP contribution >= 0.6 is 11.3 Å². The molecule has 0 bridgehead atoms. The third-order valence-electron chi connectivity index (χ3n) is 4.95. The van der Waals surface area contributed by atoms with Crippen LogP contribution in [0.4, 0.5) is 5.69 Å². The minimum atomic E-state index is -0.444. The fraction of sp³-hybridized carbons (Fsp3) is 0.0909. The van der Waals surface area contributed by atoms with E-state index < -0.39 is 4.92 Å². The summed E-state index contributed by atoms with van der Waals surface area (Å²) >= 11 is 1.29. The number of nitro groups is 1. The lowest BCUT2D eigenvalue weighted by atomic mass is 10.1. The number of imidazole rings is 1. The lowest BCUT2D eigenvalue weighted by Crippen LogP contribution is -2.22. The Kier molecular flexibility index (Phi) is 4.04. The molecule has 2 aromatic carbocycles. The molecule has 0 aliphatic heterocycles. The second-order valence-electron chi connectivity index (χ2n) is 7.07. The molecule has 0 saturated heterocycles. The van der Waals surface area contributed by atoms with Crippen molar-refractivity contribution in [3.63, 3.8) is 0 Å². The standard InChI is InChI=1S/C22H15N3O4S/c1-12-9-13(2)20-17(10-12)24-21(26)19(30-22(24)23-20)11-14-7-8-18(29-14)15-5-3-4-6-16(15)25(27)28/h3-11H,1-2H3. The molecule has 5 aromatic rings. The Labute approximate surface area is 173 Å². The van der Waals surface area contributed by atoms with E-state index in [2.05, 4.69) is 4.98 Å². The van der Waals surface area contributed by atoms with Crippen LogP contribution in [-0.4, -0.2) is 14.3 Å². The summed E-state index contributed by atoms with van der Waals surface area (Å²) in [7, 11) is 0. The Morgan fingerprint density at radius 3 is 2.77 bits per heavy atom. The zero-order chi connectivity index (χ0) is 21.0. The van der Waals surface area contributed by atoms with E-state index in [1.54, 1.807) is 40.8 Å². The number of rotatable bonds is 3. The third kappa shape index (κ3) is 2.81. The van der Waals surface area contributed by atoms with E-state index in [-0.39, 0.29) is 11.2 Å². The van der Waals surface area contributed by atoms with Crippen LogP contribution in [0.1, 0.15) is 16.9 Å². The van der Waals surface area contributed by atoms with Gasteiger partial charge in [-0.2, -0.15) is 0 Å². The van der Waals surface area contributed by atoms with Gasteiger partial charge < -0.3 is 4.42 Å². The van der Waals surface area contributed by atoms with Crippen LogP contribution in [0.25, 0.3) is 33.4 Å². The van der Waals surface area contributed by atoms with Gasteiger partial charge in [0.25, 0.3) is 11.2 Å². The van der Waals surface area contributed by atoms with Crippen molar-refractivity contribution in [1.82, 2.24) is 9.38 Å². The predicted octanol–water partition coefficient (Wildman–Crippen LogP) is 4.24. The maximum absolute atomic E-state index is 13.0. The summed E-state index contributed by atoms with van der Waals surface area (Å²) in [5.41, 5.74) is 3.92. The lowest BCUT2D eigenvalue weighted by molar-refractivity contribution is -0.384. The number of benzene rings is 2. The molecule has 0 fully saturated rings. The van der Waals surface area contributed by atoms with Crippen molar-refractivity contribution >= 4 is 39.1 Å². The zero-order valence-corrected chi connectivity index (χ0v) is 16.9. The van der Waals surface area contributed by atoms with Gasteiger partial charge in [0.1, 0.15) is 16.1 Å². The highest BCUT2D eigenvalue weighted by molar-refractivity contribution is 7.15. The molecular formula is C22H15N3O4S. The van der Waals surface area contributed by atoms with Crippen LogP contribution in [0.2, 0.25) is 0 Å². The van der Waals surface area contributed by atoms with E-state index in [4.69, 9.17) is 4.42 Å². The van der Waals surface area contributed by atoms with Crippen molar-refractivity contribution < 1.29 is 9.34 Å². The molecule has 0 atom stereocenters. The maximum atomic E-state index is 13.0. The number of aryl methyl sites for hydroxylation is 2. The van der Waals surface area contributed by atoms with Gasteiger partial charge in [-0.3, -0.25) is 14.9 Å². The Hall–Kier alpha value is -3.78. The smallest absolute Gasteiger partial charge is 0.280 e. The molecule has 148 valence electrons. The van der Waals surface area contributed by atoms with Gasteiger partial charge in [-0.05, 0) is 49.2 Å². The van der Waals surface area contributed by atoms with Gasteiger partial charge in [0.15, 0.2) is 4.96 Å². The van der Waals surface area contributed by atoms with Crippen molar-refractivity contribution in [3.8, 4) is 11.3 Å². The summed E-state index contributed by atoms with van der Waals surface area (Å²) in [5.74, 6) is 0.820. The van der Waals surface area contributed by atoms with Gasteiger partial charge in [-0.1, -0.05) is 29.5 Å². The number of nitrogens with zero attached hydrogens (tertiary/aromatic N) is 3. The molecule has 0 spiro atoms. The molecule has 3 heterocycles. The van der Waals surface area contributed by atoms with Crippen LogP contribution < -0.4 is 10.1 Å². The Bertz CT molecular complexity index is 1580. The fourth-order valence-electron chi connectivity index (χ4n) is 3.66. The van der Waals surface area contributed by atoms with E-state index in [0.717, 1.165) is 22.2 Å². The molecule has 0 unspecified atom stereocenters. The molecule has 0 radical (unpaired) electrons. The Morgan fingerprint density at radius 1 is 1.17 bits per heavy atom. The van der Waals surface area contributed by atoms with E-state index in [1.165, 1.54) is 17.4 Å². The largest absolute Gasteiger partial charge is 0.456 e. The number of hydrogen-bond acceptors (Lipinski definition) is 6. The number of hydrogen-bond donors (Lipinski definition) is 0. The molecule has 30 heavy (non-hydrogen) atoms. The quantitative estimate of drug-likeness (QED) is 0.323. The summed E-state index contributed by atoms with van der Waals surface area (Å²) in [6.07, 6.45) is 1.65. The van der Waals surface area contributed by atoms with Gasteiger partial charge in [0, 0.05) is 12.1 Å². The van der Waals surface area contributed by atoms with Gasteiger partial charge in [-0.15, -0.1) is 0 Å². The Balaban J connectivity index is 1.64. The second-order valence-corrected chi connectivity index (χ2v) is 8.08. The van der Waals surface area contributed by atoms with Gasteiger partial charge in [-0.25, -0.2) is 9.38 Å². The van der Waals surface area contributed by atoms with Gasteiger partial charge >= 0.3 is 0 Å². The van der Waals surface area contributed by atoms with Gasteiger partial charge in [0.05, 0.1) is 21.5 Å². The number of thiazole rings is 1. The number of furan rings is 1. The van der Waals surface area contributed by atoms with Crippen molar-refractivity contribution in [2.24, 2.45) is 0 Å². The monoisotopic (exact) mass is 417 g/mol. The zero-order valence-electron chi connectivity index (χ0n) is 16.1. The third-order valence-corrected chi connectivity index (χ3v) is 5.91. The van der Waals surface area contributed by atoms with Crippen molar-refractivity contribution in [2.45, 2.75) is 13.8 Å². The average molecular weight is 417 g/mol. The number of nitro benzene ring substituents is 1. The van der Waals surface area contributed by atoms with E-state index in [1.807, 2.05) is 26.0 Å². The summed E-state index contributed by atoms with van der Waals surface area (Å²) in [4.78, 5) is 29.1.